The number of hydrogen-bond donors (Lipinski definition) is 3. The molecule has 0 atom stereocenters. The van der Waals surface area contributed by atoms with Gasteiger partial charge < -0.3 is 15.4 Å². The highest BCUT2D eigenvalue weighted by Gasteiger charge is 2.25. The molecule has 0 aliphatic rings. The third-order valence-electron chi connectivity index (χ3n) is 3.50. The highest BCUT2D eigenvalue weighted by atomic mass is 16.4. The average molecular weight is 260 g/mol. The first-order valence-electron chi connectivity index (χ1n) is 6.46. The summed E-state index contributed by atoms with van der Waals surface area (Å²) >= 11 is 0. The number of carboxylic acids is 1. The fraction of sp³-hybridized carbons (Fsp3) is 0.400. The van der Waals surface area contributed by atoms with Crippen LogP contribution in [0.5, 0.6) is 0 Å². The zero-order valence-electron chi connectivity index (χ0n) is 11.6. The maximum Gasteiger partial charge on any atom is 0.323 e. The van der Waals surface area contributed by atoms with E-state index in [-0.39, 0.29) is 0 Å². The minimum Gasteiger partial charge on any atom is -0.480 e. The molecule has 1 aromatic heterocycles. The molecule has 0 radical (unpaired) electrons. The fourth-order valence-corrected chi connectivity index (χ4v) is 2.23. The van der Waals surface area contributed by atoms with Gasteiger partial charge in [-0.25, -0.2) is 0 Å². The number of rotatable bonds is 5. The second-order valence-corrected chi connectivity index (χ2v) is 5.38. The maximum atomic E-state index is 11.0. The Balaban J connectivity index is 2.10. The highest BCUT2D eigenvalue weighted by molar-refractivity contribution is 5.84. The van der Waals surface area contributed by atoms with Gasteiger partial charge in [0.15, 0.2) is 0 Å². The van der Waals surface area contributed by atoms with E-state index in [0.717, 1.165) is 17.6 Å². The third-order valence-corrected chi connectivity index (χ3v) is 3.50. The summed E-state index contributed by atoms with van der Waals surface area (Å²) in [5.74, 6) is -0.830. The summed E-state index contributed by atoms with van der Waals surface area (Å²) in [7, 11) is 0. The van der Waals surface area contributed by atoms with Crippen LogP contribution in [-0.2, 0) is 11.2 Å². The molecule has 3 N–H and O–H groups in total. The molecule has 0 saturated carbocycles. The van der Waals surface area contributed by atoms with Gasteiger partial charge in [0, 0.05) is 23.1 Å². The van der Waals surface area contributed by atoms with Crippen molar-refractivity contribution in [1.29, 1.82) is 0 Å². The van der Waals surface area contributed by atoms with Crippen LogP contribution in [0.15, 0.2) is 24.3 Å². The summed E-state index contributed by atoms with van der Waals surface area (Å²) in [4.78, 5) is 14.4. The summed E-state index contributed by atoms with van der Waals surface area (Å²) in [5, 5.41) is 13.3. The first-order chi connectivity index (χ1) is 8.92. The monoisotopic (exact) mass is 260 g/mol. The van der Waals surface area contributed by atoms with E-state index in [2.05, 4.69) is 29.4 Å². The van der Waals surface area contributed by atoms with Gasteiger partial charge in [-0.2, -0.15) is 0 Å². The smallest absolute Gasteiger partial charge is 0.323 e. The molecular formula is C15H20N2O2. The molecule has 2 rings (SSSR count). The quantitative estimate of drug-likeness (QED) is 0.773. The van der Waals surface area contributed by atoms with Crippen LogP contribution >= 0.6 is 0 Å². The molecule has 4 nitrogen and oxygen atoms in total. The number of nitrogens with one attached hydrogen (secondary N) is 2. The molecule has 19 heavy (non-hydrogen) atoms. The number of aromatic amines is 1. The number of H-pyrrole nitrogens is 1. The number of aryl methyl sites for hydroxylation is 1. The Labute approximate surface area is 112 Å². The molecule has 0 spiro atoms. The Morgan fingerprint density at radius 2 is 2.05 bits per heavy atom. The van der Waals surface area contributed by atoms with E-state index in [4.69, 9.17) is 5.11 Å². The van der Waals surface area contributed by atoms with Crippen molar-refractivity contribution in [3.05, 3.63) is 35.5 Å². The van der Waals surface area contributed by atoms with Crippen molar-refractivity contribution >= 4 is 16.9 Å². The van der Waals surface area contributed by atoms with Crippen molar-refractivity contribution in [3.63, 3.8) is 0 Å². The molecule has 1 heterocycles. The maximum absolute atomic E-state index is 11.0. The summed E-state index contributed by atoms with van der Waals surface area (Å²) < 4.78 is 0. The van der Waals surface area contributed by atoms with Gasteiger partial charge in [0.1, 0.15) is 5.54 Å². The largest absolute Gasteiger partial charge is 0.480 e. The van der Waals surface area contributed by atoms with Crippen LogP contribution in [0, 0.1) is 6.92 Å². The van der Waals surface area contributed by atoms with Gasteiger partial charge in [-0.1, -0.05) is 18.2 Å². The van der Waals surface area contributed by atoms with Gasteiger partial charge in [0.05, 0.1) is 0 Å². The lowest BCUT2D eigenvalue weighted by Gasteiger charge is -2.20. The molecule has 0 saturated heterocycles. The topological polar surface area (TPSA) is 65.1 Å². The van der Waals surface area contributed by atoms with Crippen LogP contribution in [-0.4, -0.2) is 28.1 Å². The van der Waals surface area contributed by atoms with Gasteiger partial charge in [0.25, 0.3) is 0 Å². The Morgan fingerprint density at radius 3 is 2.74 bits per heavy atom. The van der Waals surface area contributed by atoms with Crippen molar-refractivity contribution < 1.29 is 9.90 Å². The predicted molar refractivity (Wildman–Crippen MR) is 76.5 cm³/mol. The Kier molecular flexibility index (Phi) is 3.62. The molecule has 102 valence electrons. The minimum absolute atomic E-state index is 0.641. The second-order valence-electron chi connectivity index (χ2n) is 5.38. The number of para-hydroxylation sites is 1. The van der Waals surface area contributed by atoms with Gasteiger partial charge in [-0.15, -0.1) is 0 Å². The first-order valence-corrected chi connectivity index (χ1v) is 6.46. The van der Waals surface area contributed by atoms with Crippen LogP contribution < -0.4 is 5.32 Å². The average Bonchev–Trinajstić information content (AvgIpc) is 2.65. The lowest BCUT2D eigenvalue weighted by molar-refractivity contribution is -0.143. The van der Waals surface area contributed by atoms with E-state index >= 15 is 0 Å². The van der Waals surface area contributed by atoms with E-state index in [1.807, 2.05) is 12.1 Å². The van der Waals surface area contributed by atoms with Crippen molar-refractivity contribution in [2.24, 2.45) is 0 Å². The van der Waals surface area contributed by atoms with E-state index in [9.17, 15) is 4.79 Å². The van der Waals surface area contributed by atoms with Crippen molar-refractivity contribution in [2.45, 2.75) is 32.7 Å². The lowest BCUT2D eigenvalue weighted by Crippen LogP contribution is -2.47. The van der Waals surface area contributed by atoms with E-state index < -0.39 is 11.5 Å². The molecule has 2 aromatic rings. The highest BCUT2D eigenvalue weighted by Crippen LogP contribution is 2.22. The van der Waals surface area contributed by atoms with E-state index in [0.29, 0.717) is 6.54 Å². The van der Waals surface area contributed by atoms with Crippen LogP contribution in [0.4, 0.5) is 0 Å². The van der Waals surface area contributed by atoms with E-state index in [1.165, 1.54) is 10.9 Å². The number of aliphatic carboxylic acids is 1. The summed E-state index contributed by atoms with van der Waals surface area (Å²) in [6.07, 6.45) is 0.812. The fourth-order valence-electron chi connectivity index (χ4n) is 2.23. The number of fused-ring (bicyclic) bond motifs is 1. The molecule has 0 unspecified atom stereocenters. The third kappa shape index (κ3) is 2.79. The number of hydrogen-bond acceptors (Lipinski definition) is 2. The zero-order chi connectivity index (χ0) is 14.0. The van der Waals surface area contributed by atoms with Crippen molar-refractivity contribution in [1.82, 2.24) is 10.3 Å². The summed E-state index contributed by atoms with van der Waals surface area (Å²) in [6.45, 7) is 6.05. The normalized spacial score (nSPS) is 11.9. The van der Waals surface area contributed by atoms with Gasteiger partial charge in [-0.3, -0.25) is 4.79 Å². The number of carbonyl (C=O) groups is 1. The number of carboxylic acid groups (broad SMARTS) is 1. The van der Waals surface area contributed by atoms with Crippen LogP contribution in [0.1, 0.15) is 25.1 Å². The van der Waals surface area contributed by atoms with Gasteiger partial charge in [0.2, 0.25) is 0 Å². The molecule has 0 amide bonds. The van der Waals surface area contributed by atoms with Crippen LogP contribution in [0.25, 0.3) is 10.9 Å². The minimum atomic E-state index is -0.889. The SMILES string of the molecule is Cc1[nH]c2ccccc2c1CCNC(C)(C)C(=O)O. The summed E-state index contributed by atoms with van der Waals surface area (Å²) in [6, 6.07) is 8.18. The molecule has 1 aromatic carbocycles. The molecule has 4 heteroatoms. The molecule has 0 fully saturated rings. The number of benzene rings is 1. The molecule has 0 aliphatic carbocycles. The van der Waals surface area contributed by atoms with Gasteiger partial charge >= 0.3 is 5.97 Å². The first kappa shape index (κ1) is 13.6. The molecule has 0 bridgehead atoms. The van der Waals surface area contributed by atoms with Crippen LogP contribution in [0.3, 0.4) is 0 Å². The number of aromatic nitrogens is 1. The van der Waals surface area contributed by atoms with Crippen LogP contribution in [0.2, 0.25) is 0 Å². The Morgan fingerprint density at radius 1 is 1.37 bits per heavy atom. The molecule has 0 aliphatic heterocycles. The Hall–Kier alpha value is -1.81. The van der Waals surface area contributed by atoms with Crippen molar-refractivity contribution in [2.75, 3.05) is 6.54 Å². The van der Waals surface area contributed by atoms with E-state index in [1.54, 1.807) is 13.8 Å². The van der Waals surface area contributed by atoms with Crippen molar-refractivity contribution in [3.8, 4) is 0 Å². The second kappa shape index (κ2) is 5.05. The summed E-state index contributed by atoms with van der Waals surface area (Å²) in [5.41, 5.74) is 2.65. The van der Waals surface area contributed by atoms with Gasteiger partial charge in [-0.05, 0) is 38.8 Å². The Bertz CT molecular complexity index is 599. The molecular weight excluding hydrogens is 240 g/mol. The lowest BCUT2D eigenvalue weighted by atomic mass is 10.0. The predicted octanol–water partition coefficient (Wildman–Crippen LogP) is 2.47. The zero-order valence-corrected chi connectivity index (χ0v) is 11.6. The standard InChI is InChI=1S/C15H20N2O2/c1-10-11(8-9-16-15(2,3)14(18)19)12-6-4-5-7-13(12)17-10/h4-7,16-17H,8-9H2,1-3H3,(H,18,19).